The zero-order valence-corrected chi connectivity index (χ0v) is 18.7. The molecule has 5 aromatic rings. The Morgan fingerprint density at radius 2 is 1.52 bits per heavy atom. The number of fused-ring (bicyclic) bond motifs is 1. The van der Waals surface area contributed by atoms with Gasteiger partial charge in [-0.25, -0.2) is 4.98 Å². The van der Waals surface area contributed by atoms with Gasteiger partial charge < -0.3 is 10.1 Å². The van der Waals surface area contributed by atoms with Gasteiger partial charge in [-0.3, -0.25) is 4.79 Å². The lowest BCUT2D eigenvalue weighted by Gasteiger charge is -2.08. The van der Waals surface area contributed by atoms with Gasteiger partial charge in [0, 0.05) is 17.7 Å². The molecule has 0 saturated heterocycles. The number of nitrogens with one attached hydrogen (secondary N) is 1. The lowest BCUT2D eigenvalue weighted by molar-refractivity contribution is 0.0951. The maximum atomic E-state index is 12.5. The summed E-state index contributed by atoms with van der Waals surface area (Å²) >= 11 is 1.68. The van der Waals surface area contributed by atoms with Gasteiger partial charge >= 0.3 is 0 Å². The fraction of sp³-hybridized carbons (Fsp3) is 0.0714. The highest BCUT2D eigenvalue weighted by Crippen LogP contribution is 2.30. The summed E-state index contributed by atoms with van der Waals surface area (Å²) in [4.78, 5) is 17.2. The molecule has 1 N–H and O–H groups in total. The zero-order valence-electron chi connectivity index (χ0n) is 17.9. The van der Waals surface area contributed by atoms with E-state index in [1.54, 1.807) is 23.5 Å². The van der Waals surface area contributed by atoms with E-state index in [0.29, 0.717) is 18.7 Å². The van der Waals surface area contributed by atoms with E-state index >= 15 is 0 Å². The van der Waals surface area contributed by atoms with E-state index in [1.165, 1.54) is 4.70 Å². The Labute approximate surface area is 196 Å². The summed E-state index contributed by atoms with van der Waals surface area (Å²) in [7, 11) is 0. The van der Waals surface area contributed by atoms with Crippen LogP contribution < -0.4 is 10.1 Å². The molecule has 0 aliphatic carbocycles. The van der Waals surface area contributed by atoms with Gasteiger partial charge in [-0.2, -0.15) is 0 Å². The predicted molar refractivity (Wildman–Crippen MR) is 133 cm³/mol. The van der Waals surface area contributed by atoms with Crippen molar-refractivity contribution in [1.82, 2.24) is 10.3 Å². The monoisotopic (exact) mass is 450 g/mol. The van der Waals surface area contributed by atoms with Crippen LogP contribution in [-0.2, 0) is 13.2 Å². The molecule has 0 bridgehead atoms. The van der Waals surface area contributed by atoms with Crippen molar-refractivity contribution in [3.05, 3.63) is 120 Å². The van der Waals surface area contributed by atoms with Crippen LogP contribution in [0.3, 0.4) is 0 Å². The molecule has 0 fully saturated rings. The fourth-order valence-corrected chi connectivity index (χ4v) is 4.46. The van der Waals surface area contributed by atoms with Crippen LogP contribution in [0.5, 0.6) is 5.75 Å². The molecule has 4 aromatic carbocycles. The highest BCUT2D eigenvalue weighted by atomic mass is 32.1. The standard InChI is InChI=1S/C28H22N2O2S/c31-27(22-14-16-24(17-15-22)32-19-21-6-2-1-3-7-21)29-18-20-10-12-23(13-11-20)28-30-25-8-4-5-9-26(25)33-28/h1-17H,18-19H2,(H,29,31). The quantitative estimate of drug-likeness (QED) is 0.309. The first-order chi connectivity index (χ1) is 16.2. The van der Waals surface area contributed by atoms with Crippen molar-refractivity contribution >= 4 is 27.5 Å². The van der Waals surface area contributed by atoms with Crippen molar-refractivity contribution in [2.45, 2.75) is 13.2 Å². The average molecular weight is 451 g/mol. The average Bonchev–Trinajstić information content (AvgIpc) is 3.32. The maximum Gasteiger partial charge on any atom is 0.251 e. The van der Waals surface area contributed by atoms with Crippen LogP contribution in [-0.4, -0.2) is 10.9 Å². The second-order valence-corrected chi connectivity index (χ2v) is 8.70. The lowest BCUT2D eigenvalue weighted by Crippen LogP contribution is -2.22. The van der Waals surface area contributed by atoms with Crippen LogP contribution in [0.25, 0.3) is 20.8 Å². The van der Waals surface area contributed by atoms with Crippen LogP contribution in [0.2, 0.25) is 0 Å². The van der Waals surface area contributed by atoms with E-state index in [-0.39, 0.29) is 5.91 Å². The molecule has 1 aromatic heterocycles. The number of hydrogen-bond donors (Lipinski definition) is 1. The molecule has 1 amide bonds. The predicted octanol–water partition coefficient (Wildman–Crippen LogP) is 6.47. The van der Waals surface area contributed by atoms with Crippen LogP contribution in [0.4, 0.5) is 0 Å². The second kappa shape index (κ2) is 9.67. The summed E-state index contributed by atoms with van der Waals surface area (Å²) in [6.07, 6.45) is 0. The van der Waals surface area contributed by atoms with E-state index in [0.717, 1.165) is 33.0 Å². The Bertz CT molecular complexity index is 1330. The number of carbonyl (C=O) groups excluding carboxylic acids is 1. The van der Waals surface area contributed by atoms with Gasteiger partial charge in [0.2, 0.25) is 0 Å². The Kier molecular flexibility index (Phi) is 6.13. The van der Waals surface area contributed by atoms with Crippen LogP contribution in [0, 0.1) is 0 Å². The van der Waals surface area contributed by atoms with Gasteiger partial charge in [0.1, 0.15) is 17.4 Å². The number of para-hydroxylation sites is 1. The van der Waals surface area contributed by atoms with E-state index in [2.05, 4.69) is 23.5 Å². The third-order valence-corrected chi connectivity index (χ3v) is 6.40. The summed E-state index contributed by atoms with van der Waals surface area (Å²) in [5.41, 5.74) is 4.85. The Morgan fingerprint density at radius 1 is 0.788 bits per heavy atom. The summed E-state index contributed by atoms with van der Waals surface area (Å²) in [6.45, 7) is 0.963. The van der Waals surface area contributed by atoms with E-state index < -0.39 is 0 Å². The van der Waals surface area contributed by atoms with Crippen molar-refractivity contribution < 1.29 is 9.53 Å². The Morgan fingerprint density at radius 3 is 2.27 bits per heavy atom. The molecular weight excluding hydrogens is 428 g/mol. The summed E-state index contributed by atoms with van der Waals surface area (Å²) < 4.78 is 6.97. The van der Waals surface area contributed by atoms with Crippen molar-refractivity contribution in [2.75, 3.05) is 0 Å². The number of hydrogen-bond acceptors (Lipinski definition) is 4. The van der Waals surface area contributed by atoms with Gasteiger partial charge in [-0.1, -0.05) is 66.7 Å². The third kappa shape index (κ3) is 5.10. The molecule has 5 heteroatoms. The summed E-state index contributed by atoms with van der Waals surface area (Å²) in [5.74, 6) is 0.626. The topological polar surface area (TPSA) is 51.2 Å². The molecule has 33 heavy (non-hydrogen) atoms. The molecule has 0 aliphatic heterocycles. The van der Waals surface area contributed by atoms with Crippen LogP contribution >= 0.6 is 11.3 Å². The van der Waals surface area contributed by atoms with Gasteiger partial charge in [-0.05, 0) is 47.5 Å². The smallest absolute Gasteiger partial charge is 0.251 e. The maximum absolute atomic E-state index is 12.5. The number of amides is 1. The zero-order chi connectivity index (χ0) is 22.5. The Balaban J connectivity index is 1.16. The molecule has 162 valence electrons. The number of rotatable bonds is 7. The number of nitrogens with zero attached hydrogens (tertiary/aromatic N) is 1. The molecule has 0 radical (unpaired) electrons. The minimum absolute atomic E-state index is 0.111. The van der Waals surface area contributed by atoms with E-state index in [4.69, 9.17) is 9.72 Å². The molecule has 4 nitrogen and oxygen atoms in total. The number of carbonyl (C=O) groups is 1. The normalized spacial score (nSPS) is 10.8. The van der Waals surface area contributed by atoms with Gasteiger partial charge in [-0.15, -0.1) is 11.3 Å². The highest BCUT2D eigenvalue weighted by Gasteiger charge is 2.08. The van der Waals surface area contributed by atoms with Crippen molar-refractivity contribution in [2.24, 2.45) is 0 Å². The molecule has 0 atom stereocenters. The number of aromatic nitrogens is 1. The second-order valence-electron chi connectivity index (χ2n) is 7.66. The lowest BCUT2D eigenvalue weighted by atomic mass is 10.1. The van der Waals surface area contributed by atoms with Crippen LogP contribution in [0.15, 0.2) is 103 Å². The van der Waals surface area contributed by atoms with Gasteiger partial charge in [0.25, 0.3) is 5.91 Å². The van der Waals surface area contributed by atoms with Crippen molar-refractivity contribution in [1.29, 1.82) is 0 Å². The fourth-order valence-electron chi connectivity index (χ4n) is 3.49. The molecule has 0 unspecified atom stereocenters. The number of ether oxygens (including phenoxy) is 1. The first-order valence-corrected chi connectivity index (χ1v) is 11.6. The number of benzene rings is 4. The van der Waals surface area contributed by atoms with Crippen molar-refractivity contribution in [3.8, 4) is 16.3 Å². The highest BCUT2D eigenvalue weighted by molar-refractivity contribution is 7.21. The first kappa shape index (κ1) is 20.9. The van der Waals surface area contributed by atoms with Crippen molar-refractivity contribution in [3.63, 3.8) is 0 Å². The van der Waals surface area contributed by atoms with Gasteiger partial charge in [0.05, 0.1) is 10.2 Å². The summed E-state index contributed by atoms with van der Waals surface area (Å²) in [6, 6.07) is 33.5. The molecule has 0 aliphatic rings. The molecule has 1 heterocycles. The third-order valence-electron chi connectivity index (χ3n) is 5.31. The summed E-state index contributed by atoms with van der Waals surface area (Å²) in [5, 5.41) is 3.98. The SMILES string of the molecule is O=C(NCc1ccc(-c2nc3ccccc3s2)cc1)c1ccc(OCc2ccccc2)cc1. The Hall–Kier alpha value is -3.96. The molecular formula is C28H22N2O2S. The first-order valence-electron chi connectivity index (χ1n) is 10.7. The van der Waals surface area contributed by atoms with E-state index in [9.17, 15) is 4.79 Å². The molecule has 5 rings (SSSR count). The van der Waals surface area contributed by atoms with E-state index in [1.807, 2.05) is 72.8 Å². The number of thiazole rings is 1. The minimum atomic E-state index is -0.111. The molecule has 0 saturated carbocycles. The molecule has 0 spiro atoms. The van der Waals surface area contributed by atoms with Crippen LogP contribution in [0.1, 0.15) is 21.5 Å². The van der Waals surface area contributed by atoms with Gasteiger partial charge in [0.15, 0.2) is 0 Å². The largest absolute Gasteiger partial charge is 0.489 e. The minimum Gasteiger partial charge on any atom is -0.489 e.